The average Bonchev–Trinajstić information content (AvgIpc) is 2.78. The fourth-order valence-corrected chi connectivity index (χ4v) is 1.77. The number of hydrogen-bond donors (Lipinski definition) is 5. The van der Waals surface area contributed by atoms with Crippen molar-refractivity contribution in [2.75, 3.05) is 0 Å². The summed E-state index contributed by atoms with van der Waals surface area (Å²) in [6.45, 7) is 1.29. The zero-order chi connectivity index (χ0) is 14.2. The molecule has 0 fully saturated rings. The highest BCUT2D eigenvalue weighted by molar-refractivity contribution is 5.75. The van der Waals surface area contributed by atoms with Crippen LogP contribution >= 0.6 is 0 Å². The molecule has 19 heavy (non-hydrogen) atoms. The largest absolute Gasteiger partial charge is 0.391 e. The van der Waals surface area contributed by atoms with Crippen molar-refractivity contribution in [1.29, 1.82) is 0 Å². The third-order valence-corrected chi connectivity index (χ3v) is 2.91. The minimum Gasteiger partial charge on any atom is -0.391 e. The zero-order valence-corrected chi connectivity index (χ0v) is 10.2. The molecule has 0 unspecified atom stereocenters. The second-order valence-corrected chi connectivity index (χ2v) is 4.45. The fraction of sp³-hybridized carbons (Fsp3) is 0.417. The number of benzene rings is 1. The van der Waals surface area contributed by atoms with E-state index in [1.54, 1.807) is 0 Å². The second kappa shape index (κ2) is 5.22. The Hall–Kier alpha value is -1.54. The summed E-state index contributed by atoms with van der Waals surface area (Å²) in [4.78, 5) is 6.65. The van der Waals surface area contributed by atoms with E-state index in [0.29, 0.717) is 11.0 Å². The molecule has 7 heteroatoms. The van der Waals surface area contributed by atoms with Crippen molar-refractivity contribution >= 4 is 11.0 Å². The molecule has 2 aromatic rings. The molecular weight excluding hydrogens is 255 g/mol. The maximum absolute atomic E-state index is 13.0. The molecule has 1 aromatic carbocycles. The van der Waals surface area contributed by atoms with Gasteiger partial charge < -0.3 is 25.4 Å². The van der Waals surface area contributed by atoms with Crippen LogP contribution in [0.25, 0.3) is 11.0 Å². The van der Waals surface area contributed by atoms with Gasteiger partial charge in [0.2, 0.25) is 0 Å². The number of fused-ring (bicyclic) bond motifs is 1. The maximum atomic E-state index is 13.0. The van der Waals surface area contributed by atoms with Gasteiger partial charge in [0, 0.05) is 6.07 Å². The van der Waals surface area contributed by atoms with Gasteiger partial charge >= 0.3 is 0 Å². The number of halogens is 1. The molecule has 5 N–H and O–H groups in total. The van der Waals surface area contributed by atoms with Gasteiger partial charge in [-0.05, 0) is 19.1 Å². The Balaban J connectivity index is 2.28. The van der Waals surface area contributed by atoms with Gasteiger partial charge in [-0.15, -0.1) is 0 Å². The standard InChI is InChI=1S/C12H15FN2O4/c1-5(16)9(17)10(18)11(19)12-14-7-3-2-6(13)4-8(7)15-12/h2-5,9-11,16-19H,1H3,(H,14,15)/t5-,9-,10+,11+/m1/s1. The minimum atomic E-state index is -1.61. The molecule has 1 aromatic heterocycles. The first-order valence-electron chi connectivity index (χ1n) is 5.77. The van der Waals surface area contributed by atoms with Crippen LogP contribution in [-0.4, -0.2) is 48.7 Å². The molecule has 0 saturated heterocycles. The number of aliphatic hydroxyl groups excluding tert-OH is 4. The van der Waals surface area contributed by atoms with Crippen LogP contribution in [0, 0.1) is 5.82 Å². The molecule has 0 aliphatic heterocycles. The van der Waals surface area contributed by atoms with Crippen LogP contribution in [0.15, 0.2) is 18.2 Å². The number of nitrogens with zero attached hydrogens (tertiary/aromatic N) is 1. The van der Waals surface area contributed by atoms with Crippen molar-refractivity contribution in [3.05, 3.63) is 29.8 Å². The monoisotopic (exact) mass is 270 g/mol. The highest BCUT2D eigenvalue weighted by Crippen LogP contribution is 2.21. The lowest BCUT2D eigenvalue weighted by Crippen LogP contribution is -2.39. The molecule has 6 nitrogen and oxygen atoms in total. The van der Waals surface area contributed by atoms with Crippen LogP contribution in [0.3, 0.4) is 0 Å². The van der Waals surface area contributed by atoms with Gasteiger partial charge in [0.15, 0.2) is 0 Å². The normalized spacial score (nSPS) is 18.2. The third-order valence-electron chi connectivity index (χ3n) is 2.91. The maximum Gasteiger partial charge on any atom is 0.140 e. The molecule has 0 spiro atoms. The molecule has 0 amide bonds. The topological polar surface area (TPSA) is 110 Å². The summed E-state index contributed by atoms with van der Waals surface area (Å²) in [5.74, 6) is -0.475. The smallest absolute Gasteiger partial charge is 0.140 e. The summed E-state index contributed by atoms with van der Waals surface area (Å²) in [7, 11) is 0. The Labute approximate surface area is 108 Å². The van der Waals surface area contributed by atoms with Gasteiger partial charge in [0.1, 0.15) is 30.0 Å². The van der Waals surface area contributed by atoms with Crippen LogP contribution < -0.4 is 0 Å². The summed E-state index contributed by atoms with van der Waals surface area (Å²) < 4.78 is 13.0. The van der Waals surface area contributed by atoms with Gasteiger partial charge in [0.05, 0.1) is 17.1 Å². The third kappa shape index (κ3) is 2.74. The van der Waals surface area contributed by atoms with Gasteiger partial charge in [-0.2, -0.15) is 0 Å². The molecule has 0 aliphatic carbocycles. The molecule has 4 atom stereocenters. The quantitative estimate of drug-likeness (QED) is 0.530. The van der Waals surface area contributed by atoms with Crippen molar-refractivity contribution in [3.8, 4) is 0 Å². The Bertz CT molecular complexity index is 572. The lowest BCUT2D eigenvalue weighted by atomic mass is 10.0. The Morgan fingerprint density at radius 1 is 1.16 bits per heavy atom. The van der Waals surface area contributed by atoms with Crippen molar-refractivity contribution in [2.45, 2.75) is 31.3 Å². The number of nitrogens with one attached hydrogen (secondary N) is 1. The summed E-state index contributed by atoms with van der Waals surface area (Å²) >= 11 is 0. The van der Waals surface area contributed by atoms with E-state index < -0.39 is 30.2 Å². The van der Waals surface area contributed by atoms with Crippen LogP contribution in [-0.2, 0) is 0 Å². The number of H-pyrrole nitrogens is 1. The predicted octanol–water partition coefficient (Wildman–Crippen LogP) is -0.162. The van der Waals surface area contributed by atoms with E-state index >= 15 is 0 Å². The molecule has 0 bridgehead atoms. The predicted molar refractivity (Wildman–Crippen MR) is 64.7 cm³/mol. The van der Waals surface area contributed by atoms with Crippen molar-refractivity contribution in [2.24, 2.45) is 0 Å². The summed E-state index contributed by atoms with van der Waals surface area (Å²) in [5, 5.41) is 38.2. The SMILES string of the molecule is C[C@@H](O)[C@@H](O)[C@H](O)[C@H](O)c1nc2cc(F)ccc2[nH]1. The zero-order valence-electron chi connectivity index (χ0n) is 10.2. The molecule has 0 aliphatic rings. The number of rotatable bonds is 4. The van der Waals surface area contributed by atoms with Gasteiger partial charge in [-0.25, -0.2) is 9.37 Å². The number of hydrogen-bond acceptors (Lipinski definition) is 5. The van der Waals surface area contributed by atoms with E-state index in [-0.39, 0.29) is 5.82 Å². The summed E-state index contributed by atoms with van der Waals surface area (Å²) in [6, 6.07) is 3.86. The van der Waals surface area contributed by atoms with E-state index in [0.717, 1.165) is 0 Å². The lowest BCUT2D eigenvalue weighted by Gasteiger charge is -2.23. The summed E-state index contributed by atoms with van der Waals surface area (Å²) in [6.07, 6.45) is -5.84. The minimum absolute atomic E-state index is 0.00667. The molecular formula is C12H15FN2O4. The van der Waals surface area contributed by atoms with Crippen molar-refractivity contribution in [1.82, 2.24) is 9.97 Å². The highest BCUT2D eigenvalue weighted by atomic mass is 19.1. The second-order valence-electron chi connectivity index (χ2n) is 4.45. The van der Waals surface area contributed by atoms with Crippen LogP contribution in [0.2, 0.25) is 0 Å². The Morgan fingerprint density at radius 3 is 2.47 bits per heavy atom. The van der Waals surface area contributed by atoms with Crippen LogP contribution in [0.4, 0.5) is 4.39 Å². The molecule has 104 valence electrons. The van der Waals surface area contributed by atoms with Crippen LogP contribution in [0.5, 0.6) is 0 Å². The first-order chi connectivity index (χ1) is 8.90. The number of aliphatic hydroxyl groups is 4. The van der Waals surface area contributed by atoms with E-state index in [9.17, 15) is 19.7 Å². The van der Waals surface area contributed by atoms with Crippen molar-refractivity contribution < 1.29 is 24.8 Å². The van der Waals surface area contributed by atoms with E-state index in [1.165, 1.54) is 25.1 Å². The van der Waals surface area contributed by atoms with Crippen LogP contribution in [0.1, 0.15) is 18.9 Å². The highest BCUT2D eigenvalue weighted by Gasteiger charge is 2.31. The first-order valence-corrected chi connectivity index (χ1v) is 5.77. The number of aromatic nitrogens is 2. The molecule has 2 rings (SSSR count). The van der Waals surface area contributed by atoms with Crippen molar-refractivity contribution in [3.63, 3.8) is 0 Å². The first kappa shape index (κ1) is 13.9. The lowest BCUT2D eigenvalue weighted by molar-refractivity contribution is -0.103. The molecule has 0 radical (unpaired) electrons. The van der Waals surface area contributed by atoms with E-state index in [4.69, 9.17) is 5.11 Å². The van der Waals surface area contributed by atoms with E-state index in [2.05, 4.69) is 9.97 Å². The van der Waals surface area contributed by atoms with E-state index in [1.807, 2.05) is 0 Å². The van der Waals surface area contributed by atoms with Gasteiger partial charge in [-0.3, -0.25) is 0 Å². The fourth-order valence-electron chi connectivity index (χ4n) is 1.77. The molecule has 1 heterocycles. The average molecular weight is 270 g/mol. The number of imidazole rings is 1. The molecule has 0 saturated carbocycles. The number of aromatic amines is 1. The van der Waals surface area contributed by atoms with Gasteiger partial charge in [-0.1, -0.05) is 0 Å². The Kier molecular flexibility index (Phi) is 3.81. The summed E-state index contributed by atoms with van der Waals surface area (Å²) in [5.41, 5.74) is 0.793. The Morgan fingerprint density at radius 2 is 1.84 bits per heavy atom. The van der Waals surface area contributed by atoms with Gasteiger partial charge in [0.25, 0.3) is 0 Å².